The molecule has 0 spiro atoms. The number of sulfonamides is 1. The van der Waals surface area contributed by atoms with E-state index in [0.717, 1.165) is 11.1 Å². The van der Waals surface area contributed by atoms with Crippen molar-refractivity contribution in [3.63, 3.8) is 0 Å². The van der Waals surface area contributed by atoms with Crippen molar-refractivity contribution in [2.75, 3.05) is 12.8 Å². The Hall–Kier alpha value is -1.07. The summed E-state index contributed by atoms with van der Waals surface area (Å²) in [5.74, 6) is 0. The second-order valence-corrected chi connectivity index (χ2v) is 5.04. The zero-order valence-electron chi connectivity index (χ0n) is 8.46. The average molecular weight is 214 g/mol. The third kappa shape index (κ3) is 1.88. The van der Waals surface area contributed by atoms with E-state index in [4.69, 9.17) is 5.73 Å². The van der Waals surface area contributed by atoms with Crippen molar-refractivity contribution in [2.24, 2.45) is 0 Å². The zero-order valence-corrected chi connectivity index (χ0v) is 9.27. The second-order valence-electron chi connectivity index (χ2n) is 3.18. The van der Waals surface area contributed by atoms with Crippen LogP contribution in [0, 0.1) is 13.8 Å². The molecular formula is C9H14N2O2S. The normalized spacial score (nSPS) is 11.6. The second kappa shape index (κ2) is 3.59. The van der Waals surface area contributed by atoms with E-state index in [-0.39, 0.29) is 10.6 Å². The molecule has 0 radical (unpaired) electrons. The molecule has 0 aliphatic rings. The summed E-state index contributed by atoms with van der Waals surface area (Å²) in [5, 5.41) is 0. The Morgan fingerprint density at radius 1 is 1.21 bits per heavy atom. The number of nitrogen functional groups attached to an aromatic ring is 1. The van der Waals surface area contributed by atoms with Gasteiger partial charge in [0.2, 0.25) is 10.0 Å². The lowest BCUT2D eigenvalue weighted by Crippen LogP contribution is -2.20. The van der Waals surface area contributed by atoms with Crippen LogP contribution in [0.5, 0.6) is 0 Å². The van der Waals surface area contributed by atoms with Crippen molar-refractivity contribution in [1.82, 2.24) is 4.72 Å². The van der Waals surface area contributed by atoms with Crippen LogP contribution in [0.2, 0.25) is 0 Å². The third-order valence-electron chi connectivity index (χ3n) is 2.18. The average Bonchev–Trinajstić information content (AvgIpc) is 2.11. The third-order valence-corrected chi connectivity index (χ3v) is 3.65. The summed E-state index contributed by atoms with van der Waals surface area (Å²) in [6.45, 7) is 3.74. The van der Waals surface area contributed by atoms with Gasteiger partial charge in [-0.1, -0.05) is 0 Å². The molecule has 0 bridgehead atoms. The van der Waals surface area contributed by atoms with E-state index in [0.29, 0.717) is 0 Å². The maximum absolute atomic E-state index is 11.5. The summed E-state index contributed by atoms with van der Waals surface area (Å²) < 4.78 is 25.2. The summed E-state index contributed by atoms with van der Waals surface area (Å²) in [4.78, 5) is 0.142. The van der Waals surface area contributed by atoms with Gasteiger partial charge < -0.3 is 5.73 Å². The Bertz CT molecular complexity index is 452. The molecular weight excluding hydrogens is 200 g/mol. The molecule has 14 heavy (non-hydrogen) atoms. The molecule has 1 rings (SSSR count). The molecule has 0 amide bonds. The first-order valence-electron chi connectivity index (χ1n) is 4.18. The fourth-order valence-electron chi connectivity index (χ4n) is 1.15. The van der Waals surface area contributed by atoms with Gasteiger partial charge in [-0.15, -0.1) is 0 Å². The molecule has 1 aromatic rings. The Morgan fingerprint density at radius 2 is 1.71 bits per heavy atom. The molecule has 0 saturated heterocycles. The molecule has 0 aromatic heterocycles. The van der Waals surface area contributed by atoms with E-state index in [1.807, 2.05) is 13.8 Å². The first kappa shape index (κ1) is 11.0. The molecule has 0 aliphatic carbocycles. The molecule has 0 atom stereocenters. The van der Waals surface area contributed by atoms with Crippen LogP contribution >= 0.6 is 0 Å². The SMILES string of the molecule is CNS(=O)(=O)c1cc(C)c(C)cc1N. The number of hydrogen-bond acceptors (Lipinski definition) is 3. The molecule has 0 fully saturated rings. The Kier molecular flexibility index (Phi) is 2.82. The lowest BCUT2D eigenvalue weighted by molar-refractivity contribution is 0.588. The summed E-state index contributed by atoms with van der Waals surface area (Å²) in [6, 6.07) is 3.25. The Balaban J connectivity index is 3.45. The number of nitrogens with one attached hydrogen (secondary N) is 1. The number of nitrogens with two attached hydrogens (primary N) is 1. The number of aryl methyl sites for hydroxylation is 2. The first-order chi connectivity index (χ1) is 6.38. The Labute approximate surface area is 84.2 Å². The smallest absolute Gasteiger partial charge is 0.242 e. The van der Waals surface area contributed by atoms with E-state index in [1.165, 1.54) is 7.05 Å². The fourth-order valence-corrected chi connectivity index (χ4v) is 2.08. The van der Waals surface area contributed by atoms with Gasteiger partial charge >= 0.3 is 0 Å². The monoisotopic (exact) mass is 214 g/mol. The van der Waals surface area contributed by atoms with Gasteiger partial charge in [0, 0.05) is 0 Å². The van der Waals surface area contributed by atoms with Crippen molar-refractivity contribution >= 4 is 15.7 Å². The highest BCUT2D eigenvalue weighted by atomic mass is 32.2. The van der Waals surface area contributed by atoms with Gasteiger partial charge in [0.1, 0.15) is 4.90 Å². The van der Waals surface area contributed by atoms with Crippen LogP contribution in [-0.2, 0) is 10.0 Å². The van der Waals surface area contributed by atoms with Gasteiger partial charge in [-0.2, -0.15) is 0 Å². The van der Waals surface area contributed by atoms with Crippen LogP contribution < -0.4 is 10.5 Å². The zero-order chi connectivity index (χ0) is 10.9. The van der Waals surface area contributed by atoms with Gasteiger partial charge in [0.15, 0.2) is 0 Å². The van der Waals surface area contributed by atoms with Gasteiger partial charge in [-0.25, -0.2) is 13.1 Å². The summed E-state index contributed by atoms with van der Waals surface area (Å²) in [7, 11) is -2.08. The Morgan fingerprint density at radius 3 is 2.21 bits per heavy atom. The van der Waals surface area contributed by atoms with Crippen molar-refractivity contribution in [1.29, 1.82) is 0 Å². The molecule has 0 unspecified atom stereocenters. The largest absolute Gasteiger partial charge is 0.398 e. The summed E-state index contributed by atoms with van der Waals surface area (Å²) >= 11 is 0. The predicted octanol–water partition coefficient (Wildman–Crippen LogP) is 0.794. The highest BCUT2D eigenvalue weighted by molar-refractivity contribution is 7.89. The quantitative estimate of drug-likeness (QED) is 0.715. The number of benzene rings is 1. The van der Waals surface area contributed by atoms with E-state index < -0.39 is 10.0 Å². The fraction of sp³-hybridized carbons (Fsp3) is 0.333. The number of rotatable bonds is 2. The molecule has 4 nitrogen and oxygen atoms in total. The molecule has 1 aromatic carbocycles. The van der Waals surface area contributed by atoms with Gasteiger partial charge in [0.25, 0.3) is 0 Å². The van der Waals surface area contributed by atoms with E-state index in [2.05, 4.69) is 4.72 Å². The van der Waals surface area contributed by atoms with E-state index >= 15 is 0 Å². The van der Waals surface area contributed by atoms with Crippen LogP contribution in [0.3, 0.4) is 0 Å². The molecule has 0 saturated carbocycles. The number of hydrogen-bond donors (Lipinski definition) is 2. The van der Waals surface area contributed by atoms with Gasteiger partial charge in [-0.3, -0.25) is 0 Å². The lowest BCUT2D eigenvalue weighted by atomic mass is 10.1. The van der Waals surface area contributed by atoms with E-state index in [9.17, 15) is 8.42 Å². The topological polar surface area (TPSA) is 72.2 Å². The van der Waals surface area contributed by atoms with Crippen LogP contribution in [0.25, 0.3) is 0 Å². The minimum atomic E-state index is -3.44. The van der Waals surface area contributed by atoms with E-state index in [1.54, 1.807) is 12.1 Å². The van der Waals surface area contributed by atoms with Gasteiger partial charge in [-0.05, 0) is 44.2 Å². The highest BCUT2D eigenvalue weighted by Gasteiger charge is 2.15. The minimum absolute atomic E-state index is 0.142. The van der Waals surface area contributed by atoms with Crippen molar-refractivity contribution in [3.8, 4) is 0 Å². The highest BCUT2D eigenvalue weighted by Crippen LogP contribution is 2.21. The molecule has 78 valence electrons. The van der Waals surface area contributed by atoms with Crippen LogP contribution in [-0.4, -0.2) is 15.5 Å². The maximum Gasteiger partial charge on any atom is 0.242 e. The first-order valence-corrected chi connectivity index (χ1v) is 5.67. The van der Waals surface area contributed by atoms with Crippen molar-refractivity contribution in [3.05, 3.63) is 23.3 Å². The molecule has 3 N–H and O–H groups in total. The maximum atomic E-state index is 11.5. The lowest BCUT2D eigenvalue weighted by Gasteiger charge is -2.09. The predicted molar refractivity (Wildman–Crippen MR) is 56.6 cm³/mol. The molecule has 5 heteroatoms. The summed E-state index contributed by atoms with van der Waals surface area (Å²) in [5.41, 5.74) is 7.81. The van der Waals surface area contributed by atoms with Crippen LogP contribution in [0.1, 0.15) is 11.1 Å². The van der Waals surface area contributed by atoms with Crippen LogP contribution in [0.4, 0.5) is 5.69 Å². The van der Waals surface area contributed by atoms with Crippen LogP contribution in [0.15, 0.2) is 17.0 Å². The van der Waals surface area contributed by atoms with Crippen molar-refractivity contribution < 1.29 is 8.42 Å². The molecule has 0 aliphatic heterocycles. The van der Waals surface area contributed by atoms with Crippen molar-refractivity contribution in [2.45, 2.75) is 18.7 Å². The summed E-state index contributed by atoms with van der Waals surface area (Å²) in [6.07, 6.45) is 0. The number of anilines is 1. The van der Waals surface area contributed by atoms with Gasteiger partial charge in [0.05, 0.1) is 5.69 Å². The molecule has 0 heterocycles. The minimum Gasteiger partial charge on any atom is -0.398 e. The standard InChI is InChI=1S/C9H14N2O2S/c1-6-4-8(10)9(5-7(6)2)14(12,13)11-3/h4-5,11H,10H2,1-3H3.